The van der Waals surface area contributed by atoms with Gasteiger partial charge < -0.3 is 0 Å². The summed E-state index contributed by atoms with van der Waals surface area (Å²) in [5.74, 6) is -0.233. The van der Waals surface area contributed by atoms with E-state index < -0.39 is 10.1 Å². The Morgan fingerprint density at radius 2 is 1.77 bits per heavy atom. The van der Waals surface area contributed by atoms with Crippen molar-refractivity contribution in [3.8, 4) is 0 Å². The van der Waals surface area contributed by atoms with Crippen LogP contribution in [0.3, 0.4) is 0 Å². The molecule has 1 aromatic rings. The molecule has 3 nitrogen and oxygen atoms in total. The highest BCUT2D eigenvalue weighted by Gasteiger charge is 2.04. The van der Waals surface area contributed by atoms with E-state index in [0.29, 0.717) is 6.42 Å². The average Bonchev–Trinajstić information content (AvgIpc) is 2.02. The molecule has 1 radical (unpaired) electrons. The summed E-state index contributed by atoms with van der Waals surface area (Å²) in [7, 11) is -3.85. The van der Waals surface area contributed by atoms with Gasteiger partial charge in [0.2, 0.25) is 0 Å². The highest BCUT2D eigenvalue weighted by atomic mass is 32.2. The van der Waals surface area contributed by atoms with Crippen LogP contribution < -0.4 is 0 Å². The summed E-state index contributed by atoms with van der Waals surface area (Å²) in [6, 6.07) is 7.21. The summed E-state index contributed by atoms with van der Waals surface area (Å²) in [6.07, 6.45) is 0.332. The van der Waals surface area contributed by atoms with Crippen LogP contribution in [0.15, 0.2) is 24.3 Å². The molecule has 1 aromatic carbocycles. The fourth-order valence-electron chi connectivity index (χ4n) is 0.953. The van der Waals surface area contributed by atoms with Gasteiger partial charge in [-0.3, -0.25) is 4.55 Å². The largest absolute Gasteiger partial charge is 0.286 e. The van der Waals surface area contributed by atoms with Crippen LogP contribution in [0.1, 0.15) is 11.1 Å². The lowest BCUT2D eigenvalue weighted by Crippen LogP contribution is -2.06. The van der Waals surface area contributed by atoms with E-state index >= 15 is 0 Å². The van der Waals surface area contributed by atoms with E-state index in [0.717, 1.165) is 11.1 Å². The second-order valence-corrected chi connectivity index (χ2v) is 4.42. The first kappa shape index (κ1) is 10.2. The summed E-state index contributed by atoms with van der Waals surface area (Å²) < 4.78 is 29.3. The van der Waals surface area contributed by atoms with Crippen molar-refractivity contribution in [1.82, 2.24) is 0 Å². The van der Waals surface area contributed by atoms with Gasteiger partial charge in [0, 0.05) is 0 Å². The van der Waals surface area contributed by atoms with Crippen molar-refractivity contribution in [3.63, 3.8) is 0 Å². The summed E-state index contributed by atoms with van der Waals surface area (Å²) in [6.45, 7) is 3.70. The van der Waals surface area contributed by atoms with E-state index in [4.69, 9.17) is 4.55 Å². The zero-order chi connectivity index (χ0) is 9.90. The molecule has 0 atom stereocenters. The van der Waals surface area contributed by atoms with E-state index in [-0.39, 0.29) is 5.75 Å². The quantitative estimate of drug-likeness (QED) is 0.746. The standard InChI is InChI=1S/C9H11O3S/c1-8-2-4-9(5-3-8)6-7-13(10,11)12/h2-5H,1,6-7H2,(H,10,11,12). The number of hydrogen-bond donors (Lipinski definition) is 1. The first-order valence-electron chi connectivity index (χ1n) is 3.83. The molecule has 1 N–H and O–H groups in total. The molecule has 0 saturated carbocycles. The molecule has 0 aliphatic carbocycles. The molecule has 0 bridgehead atoms. The lowest BCUT2D eigenvalue weighted by atomic mass is 10.1. The lowest BCUT2D eigenvalue weighted by Gasteiger charge is -1.99. The number of benzene rings is 1. The van der Waals surface area contributed by atoms with Crippen molar-refractivity contribution in [3.05, 3.63) is 42.3 Å². The van der Waals surface area contributed by atoms with Crippen molar-refractivity contribution in [2.24, 2.45) is 0 Å². The Kier molecular flexibility index (Phi) is 3.06. The Morgan fingerprint density at radius 3 is 2.23 bits per heavy atom. The van der Waals surface area contributed by atoms with Crippen molar-refractivity contribution in [2.45, 2.75) is 6.42 Å². The van der Waals surface area contributed by atoms with Crippen LogP contribution in [-0.4, -0.2) is 18.7 Å². The molecule has 0 heterocycles. The van der Waals surface area contributed by atoms with Crippen molar-refractivity contribution < 1.29 is 13.0 Å². The van der Waals surface area contributed by atoms with Crippen molar-refractivity contribution in [2.75, 3.05) is 5.75 Å². The molecule has 4 heteroatoms. The summed E-state index contributed by atoms with van der Waals surface area (Å²) in [5.41, 5.74) is 1.76. The molecule has 71 valence electrons. The molecule has 13 heavy (non-hydrogen) atoms. The summed E-state index contributed by atoms with van der Waals surface area (Å²) in [4.78, 5) is 0. The molecule has 0 aliphatic heterocycles. The van der Waals surface area contributed by atoms with Gasteiger partial charge in [0.15, 0.2) is 0 Å². The summed E-state index contributed by atoms with van der Waals surface area (Å²) >= 11 is 0. The van der Waals surface area contributed by atoms with Crippen LogP contribution in [0, 0.1) is 6.92 Å². The normalized spacial score (nSPS) is 11.5. The van der Waals surface area contributed by atoms with Gasteiger partial charge in [-0.15, -0.1) is 0 Å². The van der Waals surface area contributed by atoms with Crippen LogP contribution in [0.25, 0.3) is 0 Å². The number of rotatable bonds is 3. The molecule has 0 aliphatic rings. The molecule has 0 fully saturated rings. The molecule has 1 rings (SSSR count). The van der Waals surface area contributed by atoms with Gasteiger partial charge in [0.25, 0.3) is 10.1 Å². The van der Waals surface area contributed by atoms with E-state index in [1.165, 1.54) is 0 Å². The number of aryl methyl sites for hydroxylation is 1. The zero-order valence-corrected chi connectivity index (χ0v) is 7.92. The Hall–Kier alpha value is -0.870. The Labute approximate surface area is 78.2 Å². The highest BCUT2D eigenvalue weighted by Crippen LogP contribution is 2.04. The predicted octanol–water partition coefficient (Wildman–Crippen LogP) is 1.30. The smallest absolute Gasteiger partial charge is 0.265 e. The van der Waals surface area contributed by atoms with E-state index in [9.17, 15) is 8.42 Å². The Balaban J connectivity index is 2.61. The van der Waals surface area contributed by atoms with Gasteiger partial charge in [0.05, 0.1) is 5.75 Å². The minimum absolute atomic E-state index is 0.233. The first-order chi connectivity index (χ1) is 5.97. The zero-order valence-electron chi connectivity index (χ0n) is 7.10. The maximum atomic E-state index is 10.4. The lowest BCUT2D eigenvalue weighted by molar-refractivity contribution is 0.482. The molecule has 0 aromatic heterocycles. The third-order valence-corrected chi connectivity index (χ3v) is 2.39. The third kappa shape index (κ3) is 4.05. The van der Waals surface area contributed by atoms with Crippen molar-refractivity contribution >= 4 is 10.1 Å². The topological polar surface area (TPSA) is 54.4 Å². The van der Waals surface area contributed by atoms with Gasteiger partial charge in [-0.2, -0.15) is 8.42 Å². The highest BCUT2D eigenvalue weighted by molar-refractivity contribution is 7.85. The Morgan fingerprint density at radius 1 is 1.23 bits per heavy atom. The van der Waals surface area contributed by atoms with Crippen LogP contribution >= 0.6 is 0 Å². The van der Waals surface area contributed by atoms with Crippen LogP contribution in [0.5, 0.6) is 0 Å². The maximum absolute atomic E-state index is 10.4. The molecule has 0 unspecified atom stereocenters. The minimum Gasteiger partial charge on any atom is -0.286 e. The predicted molar refractivity (Wildman–Crippen MR) is 51.0 cm³/mol. The third-order valence-electron chi connectivity index (χ3n) is 1.67. The second-order valence-electron chi connectivity index (χ2n) is 2.85. The average molecular weight is 199 g/mol. The second kappa shape index (κ2) is 3.89. The van der Waals surface area contributed by atoms with Gasteiger partial charge in [-0.25, -0.2) is 0 Å². The minimum atomic E-state index is -3.85. The fraction of sp³-hybridized carbons (Fsp3) is 0.222. The molecule has 0 saturated heterocycles. The maximum Gasteiger partial charge on any atom is 0.265 e. The molecule has 0 amide bonds. The molecule has 0 spiro atoms. The van der Waals surface area contributed by atoms with E-state index in [1.807, 2.05) is 0 Å². The Bertz CT molecular complexity index is 364. The van der Waals surface area contributed by atoms with Gasteiger partial charge in [-0.1, -0.05) is 24.3 Å². The van der Waals surface area contributed by atoms with Crippen LogP contribution in [-0.2, 0) is 16.5 Å². The van der Waals surface area contributed by atoms with Gasteiger partial charge in [-0.05, 0) is 24.5 Å². The van der Waals surface area contributed by atoms with Crippen molar-refractivity contribution in [1.29, 1.82) is 0 Å². The molecular weight excluding hydrogens is 188 g/mol. The van der Waals surface area contributed by atoms with Crippen LogP contribution in [0.2, 0.25) is 0 Å². The summed E-state index contributed by atoms with van der Waals surface area (Å²) in [5, 5.41) is 0. The van der Waals surface area contributed by atoms with Gasteiger partial charge in [0.1, 0.15) is 0 Å². The van der Waals surface area contributed by atoms with E-state index in [1.54, 1.807) is 24.3 Å². The van der Waals surface area contributed by atoms with Crippen LogP contribution in [0.4, 0.5) is 0 Å². The van der Waals surface area contributed by atoms with Gasteiger partial charge >= 0.3 is 0 Å². The molecular formula is C9H11O3S. The number of hydrogen-bond acceptors (Lipinski definition) is 2. The van der Waals surface area contributed by atoms with E-state index in [2.05, 4.69) is 6.92 Å². The SMILES string of the molecule is [CH2]c1ccc(CCS(=O)(=O)O)cc1. The monoisotopic (exact) mass is 199 g/mol. The fourth-order valence-corrected chi connectivity index (χ4v) is 1.45. The first-order valence-corrected chi connectivity index (χ1v) is 5.44.